The van der Waals surface area contributed by atoms with Gasteiger partial charge in [0.25, 0.3) is 0 Å². The van der Waals surface area contributed by atoms with E-state index in [1.165, 1.54) is 0 Å². The van der Waals surface area contributed by atoms with Gasteiger partial charge in [0.05, 0.1) is 16.9 Å². The van der Waals surface area contributed by atoms with E-state index in [1.54, 1.807) is 13.8 Å². The Kier molecular flexibility index (Phi) is 4.67. The van der Waals surface area contributed by atoms with Crippen molar-refractivity contribution < 1.29 is 18.3 Å². The second-order valence-corrected chi connectivity index (χ2v) is 8.77. The molecule has 0 saturated carbocycles. The Morgan fingerprint density at radius 2 is 1.58 bits per heavy atom. The topological polar surface area (TPSA) is 77.5 Å². The molecule has 138 valence electrons. The molecule has 0 unspecified atom stereocenters. The molecule has 26 heavy (non-hydrogen) atoms. The van der Waals surface area contributed by atoms with Gasteiger partial charge in [-0.3, -0.25) is 0 Å². The van der Waals surface area contributed by atoms with Crippen LogP contribution in [0.4, 0.5) is 0 Å². The van der Waals surface area contributed by atoms with E-state index in [0.717, 1.165) is 26.6 Å². The van der Waals surface area contributed by atoms with Gasteiger partial charge in [0, 0.05) is 6.54 Å². The normalized spacial score (nSPS) is 17.8. The number of carbonyl (C=O) groups excluding carboxylic acids is 1. The first-order valence-electron chi connectivity index (χ1n) is 8.51. The van der Waals surface area contributed by atoms with Crippen LogP contribution >= 0.6 is 0 Å². The van der Waals surface area contributed by atoms with Gasteiger partial charge in [-0.05, 0) is 67.5 Å². The lowest BCUT2D eigenvalue weighted by Gasteiger charge is -2.37. The van der Waals surface area contributed by atoms with Crippen LogP contribution in [-0.4, -0.2) is 24.7 Å². The van der Waals surface area contributed by atoms with Crippen molar-refractivity contribution in [3.8, 4) is 0 Å². The van der Waals surface area contributed by atoms with Crippen LogP contribution in [0.25, 0.3) is 0 Å². The maximum atomic E-state index is 13.5. The number of carbonyl (C=O) groups is 1. The van der Waals surface area contributed by atoms with Crippen LogP contribution < -0.4 is 5.11 Å². The molecular formula is C20H22NO4S-. The van der Waals surface area contributed by atoms with E-state index in [4.69, 9.17) is 0 Å². The largest absolute Gasteiger partial charge is 0.548 e. The summed E-state index contributed by atoms with van der Waals surface area (Å²) in [4.78, 5) is 11.9. The van der Waals surface area contributed by atoms with Crippen molar-refractivity contribution in [3.63, 3.8) is 0 Å². The van der Waals surface area contributed by atoms with Crippen molar-refractivity contribution >= 4 is 16.0 Å². The third-order valence-corrected chi connectivity index (χ3v) is 7.47. The Morgan fingerprint density at radius 1 is 1.04 bits per heavy atom. The molecule has 1 atom stereocenters. The molecule has 0 aromatic heterocycles. The van der Waals surface area contributed by atoms with Crippen LogP contribution in [0.2, 0.25) is 0 Å². The standard InChI is InChI=1S/C20H23NO4S/c1-12-9-13(2)15(4)19(14(12)3)26(24,25)21-11-17-8-6-5-7-16(17)10-18(21)20(22)23/h5-9,18H,10-11H2,1-4H3,(H,22,23)/p-1/t18-/m1/s1. The number of hydrogen-bond acceptors (Lipinski definition) is 4. The van der Waals surface area contributed by atoms with Crippen LogP contribution in [0, 0.1) is 27.7 Å². The summed E-state index contributed by atoms with van der Waals surface area (Å²) in [6.45, 7) is 7.29. The zero-order valence-corrected chi connectivity index (χ0v) is 16.2. The van der Waals surface area contributed by atoms with Crippen molar-refractivity contribution in [2.24, 2.45) is 0 Å². The molecule has 0 aliphatic carbocycles. The number of rotatable bonds is 3. The third-order valence-electron chi connectivity index (χ3n) is 5.34. The summed E-state index contributed by atoms with van der Waals surface area (Å²) in [5.74, 6) is -1.37. The van der Waals surface area contributed by atoms with Gasteiger partial charge in [-0.25, -0.2) is 8.42 Å². The fraction of sp³-hybridized carbons (Fsp3) is 0.350. The molecule has 0 saturated heterocycles. The van der Waals surface area contributed by atoms with Crippen LogP contribution in [0.1, 0.15) is 33.4 Å². The average Bonchev–Trinajstić information content (AvgIpc) is 2.58. The van der Waals surface area contributed by atoms with Crippen LogP contribution in [0.5, 0.6) is 0 Å². The molecule has 2 aromatic carbocycles. The lowest BCUT2D eigenvalue weighted by molar-refractivity contribution is -0.310. The molecule has 1 aliphatic rings. The molecule has 2 aromatic rings. The minimum atomic E-state index is -3.99. The molecule has 1 heterocycles. The van der Waals surface area contributed by atoms with Gasteiger partial charge >= 0.3 is 0 Å². The van der Waals surface area contributed by atoms with E-state index < -0.39 is 22.0 Å². The lowest BCUT2D eigenvalue weighted by Crippen LogP contribution is -2.53. The van der Waals surface area contributed by atoms with E-state index in [2.05, 4.69) is 0 Å². The van der Waals surface area contributed by atoms with Gasteiger partial charge in [0.15, 0.2) is 0 Å². The first-order valence-corrected chi connectivity index (χ1v) is 9.95. The first kappa shape index (κ1) is 18.6. The highest BCUT2D eigenvalue weighted by Crippen LogP contribution is 2.33. The van der Waals surface area contributed by atoms with E-state index in [9.17, 15) is 18.3 Å². The summed E-state index contributed by atoms with van der Waals surface area (Å²) in [6.07, 6.45) is 0.112. The smallest absolute Gasteiger partial charge is 0.244 e. The summed E-state index contributed by atoms with van der Waals surface area (Å²) in [5, 5.41) is 11.7. The predicted molar refractivity (Wildman–Crippen MR) is 97.1 cm³/mol. The number of aliphatic carboxylic acids is 1. The predicted octanol–water partition coefficient (Wildman–Crippen LogP) is 1.79. The number of aryl methyl sites for hydroxylation is 2. The summed E-state index contributed by atoms with van der Waals surface area (Å²) in [5.41, 5.74) is 4.73. The maximum absolute atomic E-state index is 13.5. The van der Waals surface area contributed by atoms with Gasteiger partial charge < -0.3 is 9.90 Å². The van der Waals surface area contributed by atoms with E-state index in [1.807, 2.05) is 44.2 Å². The second kappa shape index (κ2) is 6.52. The van der Waals surface area contributed by atoms with Gasteiger partial charge in [-0.1, -0.05) is 30.3 Å². The highest BCUT2D eigenvalue weighted by molar-refractivity contribution is 7.89. The number of sulfonamides is 1. The van der Waals surface area contributed by atoms with Crippen molar-refractivity contribution in [3.05, 3.63) is 63.7 Å². The van der Waals surface area contributed by atoms with E-state index in [0.29, 0.717) is 11.1 Å². The average molecular weight is 372 g/mol. The second-order valence-electron chi connectivity index (χ2n) is 6.95. The molecule has 0 fully saturated rings. The van der Waals surface area contributed by atoms with Crippen LogP contribution in [0.15, 0.2) is 35.2 Å². The lowest BCUT2D eigenvalue weighted by atomic mass is 9.96. The molecular weight excluding hydrogens is 350 g/mol. The molecule has 0 amide bonds. The zero-order chi connectivity index (χ0) is 19.2. The Hall–Kier alpha value is -2.18. The number of carboxylic acid groups (broad SMARTS) is 1. The molecule has 1 aliphatic heterocycles. The van der Waals surface area contributed by atoms with Crippen molar-refractivity contribution in [1.82, 2.24) is 4.31 Å². The first-order chi connectivity index (χ1) is 12.1. The number of fused-ring (bicyclic) bond motifs is 1. The summed E-state index contributed by atoms with van der Waals surface area (Å²) < 4.78 is 28.1. The highest BCUT2D eigenvalue weighted by atomic mass is 32.2. The molecule has 0 radical (unpaired) electrons. The number of benzene rings is 2. The molecule has 3 rings (SSSR count). The van der Waals surface area contributed by atoms with Gasteiger partial charge in [0.2, 0.25) is 10.0 Å². The zero-order valence-electron chi connectivity index (χ0n) is 15.4. The quantitative estimate of drug-likeness (QED) is 0.823. The number of hydrogen-bond donors (Lipinski definition) is 0. The minimum absolute atomic E-state index is 0.0308. The van der Waals surface area contributed by atoms with Crippen molar-refractivity contribution in [2.45, 2.75) is 51.6 Å². The van der Waals surface area contributed by atoms with Gasteiger partial charge in [-0.15, -0.1) is 0 Å². The molecule has 0 N–H and O–H groups in total. The number of carboxylic acids is 1. The Bertz CT molecular complexity index is 969. The Morgan fingerprint density at radius 3 is 2.12 bits per heavy atom. The van der Waals surface area contributed by atoms with Crippen LogP contribution in [-0.2, 0) is 27.8 Å². The fourth-order valence-electron chi connectivity index (χ4n) is 3.64. The van der Waals surface area contributed by atoms with Gasteiger partial charge in [0.1, 0.15) is 0 Å². The maximum Gasteiger partial charge on any atom is 0.244 e. The monoisotopic (exact) mass is 372 g/mol. The molecule has 6 heteroatoms. The fourth-order valence-corrected chi connectivity index (χ4v) is 5.77. The van der Waals surface area contributed by atoms with Gasteiger partial charge in [-0.2, -0.15) is 4.31 Å². The third kappa shape index (κ3) is 2.93. The summed E-state index contributed by atoms with van der Waals surface area (Å²) in [7, 11) is -3.99. The van der Waals surface area contributed by atoms with E-state index >= 15 is 0 Å². The summed E-state index contributed by atoms with van der Waals surface area (Å²) >= 11 is 0. The molecule has 5 nitrogen and oxygen atoms in total. The highest BCUT2D eigenvalue weighted by Gasteiger charge is 2.38. The Labute approximate surface area is 154 Å². The van der Waals surface area contributed by atoms with E-state index in [-0.39, 0.29) is 17.9 Å². The summed E-state index contributed by atoms with van der Waals surface area (Å²) in [6, 6.07) is 8.07. The SMILES string of the molecule is Cc1cc(C)c(C)c(S(=O)(=O)N2Cc3ccccc3C[C@@H]2C(=O)[O-])c1C. The van der Waals surface area contributed by atoms with Crippen LogP contribution in [0.3, 0.4) is 0 Å². The van der Waals surface area contributed by atoms with Crippen molar-refractivity contribution in [2.75, 3.05) is 0 Å². The molecule has 0 spiro atoms. The van der Waals surface area contributed by atoms with Crippen molar-refractivity contribution in [1.29, 1.82) is 0 Å². The minimum Gasteiger partial charge on any atom is -0.548 e. The molecule has 0 bridgehead atoms. The number of nitrogens with zero attached hydrogens (tertiary/aromatic N) is 1. The Balaban J connectivity index is 2.19.